The highest BCUT2D eigenvalue weighted by molar-refractivity contribution is 5.94. The Morgan fingerprint density at radius 2 is 1.28 bits per heavy atom. The van der Waals surface area contributed by atoms with Crippen molar-refractivity contribution in [3.63, 3.8) is 0 Å². The predicted octanol–water partition coefficient (Wildman–Crippen LogP) is 11.3. The zero-order valence-electron chi connectivity index (χ0n) is 32.9. The number of ether oxygens (including phenoxy) is 2. The third-order valence-electron chi connectivity index (χ3n) is 10.7. The largest absolute Gasteiger partial charge is 0.392 e. The van der Waals surface area contributed by atoms with Crippen molar-refractivity contribution in [2.24, 2.45) is 0 Å². The molecule has 1 heterocycles. The van der Waals surface area contributed by atoms with Crippen molar-refractivity contribution in [3.8, 4) is 11.1 Å². The van der Waals surface area contributed by atoms with Crippen LogP contribution in [0.4, 0.5) is 0 Å². The zero-order chi connectivity index (χ0) is 37.8. The fraction of sp³-hybridized carbons (Fsp3) is 0.479. The fourth-order valence-corrected chi connectivity index (χ4v) is 7.49. The van der Waals surface area contributed by atoms with Crippen LogP contribution >= 0.6 is 0 Å². The highest BCUT2D eigenvalue weighted by Crippen LogP contribution is 2.39. The lowest BCUT2D eigenvalue weighted by molar-refractivity contribution is -0.253. The van der Waals surface area contributed by atoms with E-state index in [1.54, 1.807) is 0 Å². The molecule has 6 nitrogen and oxygen atoms in total. The van der Waals surface area contributed by atoms with Crippen molar-refractivity contribution in [2.45, 2.75) is 129 Å². The van der Waals surface area contributed by atoms with E-state index in [4.69, 9.17) is 9.47 Å². The molecule has 54 heavy (non-hydrogen) atoms. The van der Waals surface area contributed by atoms with Crippen LogP contribution in [0.15, 0.2) is 103 Å². The third kappa shape index (κ3) is 13.2. The van der Waals surface area contributed by atoms with Gasteiger partial charge >= 0.3 is 0 Å². The van der Waals surface area contributed by atoms with Crippen LogP contribution < -0.4 is 5.32 Å². The lowest BCUT2D eigenvalue weighted by atomic mass is 9.97. The van der Waals surface area contributed by atoms with E-state index in [1.165, 1.54) is 77.0 Å². The number of aliphatic hydroxyl groups is 1. The molecule has 0 saturated carbocycles. The molecule has 1 saturated heterocycles. The molecular weight excluding hydrogens is 669 g/mol. The Hall–Kier alpha value is -3.81. The minimum Gasteiger partial charge on any atom is -0.392 e. The van der Waals surface area contributed by atoms with Crippen LogP contribution in [0.2, 0.25) is 0 Å². The summed E-state index contributed by atoms with van der Waals surface area (Å²) in [4.78, 5) is 15.4. The van der Waals surface area contributed by atoms with Gasteiger partial charge in [0.15, 0.2) is 6.29 Å². The van der Waals surface area contributed by atoms with Crippen LogP contribution in [0, 0.1) is 0 Å². The van der Waals surface area contributed by atoms with Crippen LogP contribution in [0.25, 0.3) is 11.1 Å². The first-order valence-electron chi connectivity index (χ1n) is 20.8. The quantitative estimate of drug-likeness (QED) is 0.0743. The van der Waals surface area contributed by atoms with E-state index in [1.807, 2.05) is 54.6 Å². The summed E-state index contributed by atoms with van der Waals surface area (Å²) in [5.74, 6) is -0.0834. The number of unbranched alkanes of at least 4 members (excludes halogenated alkanes) is 10. The third-order valence-corrected chi connectivity index (χ3v) is 10.7. The normalized spacial score (nSPS) is 17.1. The van der Waals surface area contributed by atoms with Gasteiger partial charge < -0.3 is 24.8 Å². The number of carbonyl (C=O) groups is 1. The van der Waals surface area contributed by atoms with Gasteiger partial charge in [0.2, 0.25) is 0 Å². The van der Waals surface area contributed by atoms with Crippen molar-refractivity contribution in [3.05, 3.63) is 131 Å². The molecule has 1 aliphatic rings. The maximum atomic E-state index is 12.8. The summed E-state index contributed by atoms with van der Waals surface area (Å²) >= 11 is 0. The molecule has 5 rings (SSSR count). The first-order valence-corrected chi connectivity index (χ1v) is 20.8. The molecule has 0 radical (unpaired) electrons. The van der Waals surface area contributed by atoms with Gasteiger partial charge in [-0.2, -0.15) is 0 Å². The Labute approximate surface area is 325 Å². The van der Waals surface area contributed by atoms with Crippen molar-refractivity contribution < 1.29 is 19.4 Å². The molecule has 1 aliphatic heterocycles. The maximum Gasteiger partial charge on any atom is 0.251 e. The zero-order valence-corrected chi connectivity index (χ0v) is 32.9. The second-order valence-electron chi connectivity index (χ2n) is 15.0. The smallest absolute Gasteiger partial charge is 0.251 e. The minimum atomic E-state index is -0.495. The topological polar surface area (TPSA) is 71.0 Å². The number of nitrogens with zero attached hydrogens (tertiary/aromatic N) is 1. The van der Waals surface area contributed by atoms with Crippen molar-refractivity contribution in [1.82, 2.24) is 10.2 Å². The number of amides is 1. The summed E-state index contributed by atoms with van der Waals surface area (Å²) in [6.45, 7) is 8.15. The predicted molar refractivity (Wildman–Crippen MR) is 221 cm³/mol. The Morgan fingerprint density at radius 3 is 1.93 bits per heavy atom. The molecule has 0 unspecified atom stereocenters. The van der Waals surface area contributed by atoms with Crippen LogP contribution in [-0.4, -0.2) is 41.7 Å². The monoisotopic (exact) mass is 732 g/mol. The molecule has 0 aromatic heterocycles. The van der Waals surface area contributed by atoms with Crippen molar-refractivity contribution in [1.29, 1.82) is 0 Å². The standard InChI is InChI=1S/C48H64N2O4/c1-3-5-7-9-11-18-32-50(33-19-12-10-8-6-4-2)36-44-34-46(40-26-24-38(37-51)25-27-40)54-48(53-44)42-30-28-39(29-31-42)45-23-17-16-22-43(45)35-49-47(52)41-20-14-13-15-21-41/h13-17,20-31,44,46,48,51H,3-12,18-19,32-37H2,1-2H3,(H,49,52)/t44-,46+,48+/m0/s1. The number of rotatable bonds is 23. The van der Waals surface area contributed by atoms with Crippen LogP contribution in [-0.2, 0) is 22.6 Å². The Kier molecular flexibility index (Phi) is 17.8. The second kappa shape index (κ2) is 23.2. The molecular formula is C48H64N2O4. The van der Waals surface area contributed by atoms with E-state index in [2.05, 4.69) is 72.6 Å². The van der Waals surface area contributed by atoms with Gasteiger partial charge in [0, 0.05) is 30.6 Å². The van der Waals surface area contributed by atoms with Crippen molar-refractivity contribution >= 4 is 5.91 Å². The van der Waals surface area contributed by atoms with E-state index in [-0.39, 0.29) is 24.7 Å². The summed E-state index contributed by atoms with van der Waals surface area (Å²) in [5, 5.41) is 12.8. The molecule has 3 atom stereocenters. The Morgan fingerprint density at radius 1 is 0.685 bits per heavy atom. The molecule has 0 bridgehead atoms. The van der Waals surface area contributed by atoms with Gasteiger partial charge in [0.05, 0.1) is 18.8 Å². The maximum absolute atomic E-state index is 12.8. The number of carbonyl (C=O) groups excluding carboxylic acids is 1. The van der Waals surface area contributed by atoms with Crippen LogP contribution in [0.1, 0.15) is 142 Å². The summed E-state index contributed by atoms with van der Waals surface area (Å²) in [6, 6.07) is 34.3. The molecule has 2 N–H and O–H groups in total. The lowest BCUT2D eigenvalue weighted by Crippen LogP contribution is -2.40. The van der Waals surface area contributed by atoms with Gasteiger partial charge in [-0.15, -0.1) is 0 Å². The average Bonchev–Trinajstić information content (AvgIpc) is 3.22. The first-order chi connectivity index (χ1) is 26.6. The Balaban J connectivity index is 1.29. The average molecular weight is 733 g/mol. The molecule has 4 aromatic carbocycles. The molecule has 0 spiro atoms. The number of hydrogen-bond acceptors (Lipinski definition) is 5. The van der Waals surface area contributed by atoms with Gasteiger partial charge in [-0.25, -0.2) is 0 Å². The highest BCUT2D eigenvalue weighted by Gasteiger charge is 2.33. The van der Waals surface area contributed by atoms with Gasteiger partial charge in [-0.05, 0) is 65.9 Å². The highest BCUT2D eigenvalue weighted by atomic mass is 16.7. The van der Waals surface area contributed by atoms with E-state index in [9.17, 15) is 9.90 Å². The molecule has 1 amide bonds. The summed E-state index contributed by atoms with van der Waals surface area (Å²) in [5.41, 5.74) is 6.89. The fourth-order valence-electron chi connectivity index (χ4n) is 7.49. The Bertz CT molecular complexity index is 1610. The number of benzene rings is 4. The summed E-state index contributed by atoms with van der Waals surface area (Å²) < 4.78 is 13.6. The van der Waals surface area contributed by atoms with E-state index < -0.39 is 6.29 Å². The second-order valence-corrected chi connectivity index (χ2v) is 15.0. The molecule has 6 heteroatoms. The molecule has 0 aliphatic carbocycles. The van der Waals surface area contributed by atoms with Gasteiger partial charge in [0.1, 0.15) is 0 Å². The van der Waals surface area contributed by atoms with Gasteiger partial charge in [-0.1, -0.05) is 169 Å². The van der Waals surface area contributed by atoms with Crippen LogP contribution in [0.5, 0.6) is 0 Å². The van der Waals surface area contributed by atoms with Crippen molar-refractivity contribution in [2.75, 3.05) is 19.6 Å². The van der Waals surface area contributed by atoms with Gasteiger partial charge in [0.25, 0.3) is 5.91 Å². The van der Waals surface area contributed by atoms with E-state index in [0.717, 1.165) is 59.4 Å². The van der Waals surface area contributed by atoms with E-state index in [0.29, 0.717) is 12.1 Å². The lowest BCUT2D eigenvalue weighted by Gasteiger charge is -2.38. The molecule has 1 fully saturated rings. The number of hydrogen-bond donors (Lipinski definition) is 2. The summed E-state index contributed by atoms with van der Waals surface area (Å²) in [6.07, 6.45) is 15.8. The SMILES string of the molecule is CCCCCCCCN(CCCCCCCC)C[C@@H]1C[C@H](c2ccc(CO)cc2)O[C@H](c2ccc(-c3ccccc3CNC(=O)c3ccccc3)cc2)O1. The number of nitrogens with one attached hydrogen (secondary N) is 1. The first kappa shape index (κ1) is 41.4. The molecule has 4 aromatic rings. The number of aliphatic hydroxyl groups excluding tert-OH is 1. The van der Waals surface area contributed by atoms with Gasteiger partial charge in [-0.3, -0.25) is 4.79 Å². The minimum absolute atomic E-state index is 0.0279. The molecule has 290 valence electrons. The van der Waals surface area contributed by atoms with Crippen LogP contribution in [0.3, 0.4) is 0 Å². The van der Waals surface area contributed by atoms with E-state index >= 15 is 0 Å². The summed E-state index contributed by atoms with van der Waals surface area (Å²) in [7, 11) is 0.